The van der Waals surface area contributed by atoms with E-state index in [4.69, 9.17) is 9.47 Å². The van der Waals surface area contributed by atoms with Gasteiger partial charge in [-0.15, -0.1) is 24.0 Å². The molecule has 0 spiro atoms. The van der Waals surface area contributed by atoms with Crippen LogP contribution in [0.1, 0.15) is 31.2 Å². The summed E-state index contributed by atoms with van der Waals surface area (Å²) in [5.41, 5.74) is 1.50. The van der Waals surface area contributed by atoms with E-state index >= 15 is 0 Å². The molecule has 5 nitrogen and oxygen atoms in total. The van der Waals surface area contributed by atoms with E-state index in [9.17, 15) is 0 Å². The van der Waals surface area contributed by atoms with Crippen LogP contribution in [0.15, 0.2) is 35.3 Å². The number of nitrogens with zero attached hydrogens (tertiary/aromatic N) is 2. The molecule has 0 radical (unpaired) electrons. The maximum atomic E-state index is 5.77. The van der Waals surface area contributed by atoms with Crippen molar-refractivity contribution < 1.29 is 9.47 Å². The lowest BCUT2D eigenvalue weighted by molar-refractivity contribution is 0.0511. The maximum Gasteiger partial charge on any atom is 0.193 e. The Bertz CT molecular complexity index is 572. The van der Waals surface area contributed by atoms with Crippen molar-refractivity contribution in [3.8, 4) is 0 Å². The lowest BCUT2D eigenvalue weighted by Gasteiger charge is -2.39. The van der Waals surface area contributed by atoms with Crippen LogP contribution in [-0.4, -0.2) is 64.5 Å². The Balaban J connectivity index is 0.00000261. The molecule has 1 aliphatic heterocycles. The summed E-state index contributed by atoms with van der Waals surface area (Å²) < 4.78 is 11.4. The molecular weight excluding hydrogens is 453 g/mol. The highest BCUT2D eigenvalue weighted by molar-refractivity contribution is 14.0. The van der Waals surface area contributed by atoms with Gasteiger partial charge in [-0.25, -0.2) is 0 Å². The summed E-state index contributed by atoms with van der Waals surface area (Å²) in [6, 6.07) is 10.8. The van der Waals surface area contributed by atoms with Crippen molar-refractivity contribution >= 4 is 29.9 Å². The number of rotatable bonds is 8. The first-order chi connectivity index (χ1) is 12.7. The van der Waals surface area contributed by atoms with Crippen LogP contribution in [0.5, 0.6) is 0 Å². The molecule has 1 aromatic carbocycles. The first-order valence-corrected chi connectivity index (χ1v) is 9.86. The number of hydrogen-bond donors (Lipinski definition) is 1. The van der Waals surface area contributed by atoms with Crippen LogP contribution < -0.4 is 5.32 Å². The van der Waals surface area contributed by atoms with E-state index in [2.05, 4.69) is 52.6 Å². The van der Waals surface area contributed by atoms with Crippen LogP contribution in [-0.2, 0) is 14.9 Å². The Labute approximate surface area is 180 Å². The molecule has 3 rings (SSSR count). The first-order valence-electron chi connectivity index (χ1n) is 9.86. The second kappa shape index (κ2) is 11.2. The highest BCUT2D eigenvalue weighted by atomic mass is 127. The molecule has 0 bridgehead atoms. The molecular formula is C21H34IN3O2. The molecule has 152 valence electrons. The van der Waals surface area contributed by atoms with Crippen LogP contribution in [0.3, 0.4) is 0 Å². The molecule has 1 saturated carbocycles. The van der Waals surface area contributed by atoms with Gasteiger partial charge >= 0.3 is 0 Å². The van der Waals surface area contributed by atoms with E-state index < -0.39 is 0 Å². The van der Waals surface area contributed by atoms with Gasteiger partial charge in [0.15, 0.2) is 5.96 Å². The predicted octanol–water partition coefficient (Wildman–Crippen LogP) is 3.29. The van der Waals surface area contributed by atoms with Gasteiger partial charge < -0.3 is 19.7 Å². The van der Waals surface area contributed by atoms with Gasteiger partial charge in [-0.2, -0.15) is 0 Å². The molecule has 0 atom stereocenters. The third-order valence-electron chi connectivity index (χ3n) is 5.62. The van der Waals surface area contributed by atoms with Crippen LogP contribution in [0.25, 0.3) is 0 Å². The minimum Gasteiger partial charge on any atom is -0.381 e. The fourth-order valence-electron chi connectivity index (χ4n) is 3.60. The zero-order valence-electron chi connectivity index (χ0n) is 16.7. The molecule has 2 aliphatic rings. The topological polar surface area (TPSA) is 46.1 Å². The van der Waals surface area contributed by atoms with Gasteiger partial charge in [0, 0.05) is 52.4 Å². The standard InChI is InChI=1S/C21H33N3O2.HI/c1-22-20(24(2)12-15-26-16-18-8-9-18)23-17-21(10-13-25-14-11-21)19-6-4-3-5-7-19;/h3-7,18H,8-17H2,1-2H3,(H,22,23);1H. The van der Waals surface area contributed by atoms with Crippen molar-refractivity contribution in [2.45, 2.75) is 31.1 Å². The van der Waals surface area contributed by atoms with Gasteiger partial charge in [0.1, 0.15) is 0 Å². The number of hydrogen-bond acceptors (Lipinski definition) is 3. The number of ether oxygens (including phenoxy) is 2. The van der Waals surface area contributed by atoms with Crippen LogP contribution in [0, 0.1) is 5.92 Å². The summed E-state index contributed by atoms with van der Waals surface area (Å²) in [6.45, 7) is 5.04. The number of benzene rings is 1. The number of halogens is 1. The first kappa shape index (κ1) is 22.4. The number of likely N-dealkylation sites (N-methyl/N-ethyl adjacent to an activating group) is 1. The summed E-state index contributed by atoms with van der Waals surface area (Å²) >= 11 is 0. The monoisotopic (exact) mass is 487 g/mol. The third kappa shape index (κ3) is 6.61. The molecule has 0 aromatic heterocycles. The van der Waals surface area contributed by atoms with Gasteiger partial charge in [-0.3, -0.25) is 4.99 Å². The van der Waals surface area contributed by atoms with E-state index in [1.807, 2.05) is 7.05 Å². The Morgan fingerprint density at radius 1 is 1.26 bits per heavy atom. The van der Waals surface area contributed by atoms with Crippen LogP contribution in [0.2, 0.25) is 0 Å². The van der Waals surface area contributed by atoms with Crippen LogP contribution >= 0.6 is 24.0 Å². The minimum absolute atomic E-state index is 0. The normalized spacial score (nSPS) is 19.3. The molecule has 1 saturated heterocycles. The van der Waals surface area contributed by atoms with E-state index in [-0.39, 0.29) is 29.4 Å². The van der Waals surface area contributed by atoms with Crippen molar-refractivity contribution in [1.29, 1.82) is 0 Å². The summed E-state index contributed by atoms with van der Waals surface area (Å²) in [5.74, 6) is 1.75. The SMILES string of the molecule is CN=C(NCC1(c2ccccc2)CCOCC1)N(C)CCOCC1CC1.I. The Hall–Kier alpha value is -0.860. The maximum absolute atomic E-state index is 5.77. The average molecular weight is 487 g/mol. The Morgan fingerprint density at radius 3 is 2.59 bits per heavy atom. The van der Waals surface area contributed by atoms with Crippen molar-refractivity contribution in [2.24, 2.45) is 10.9 Å². The molecule has 0 unspecified atom stereocenters. The van der Waals surface area contributed by atoms with Crippen molar-refractivity contribution in [2.75, 3.05) is 53.6 Å². The number of nitrogens with one attached hydrogen (secondary N) is 1. The molecule has 1 N–H and O–H groups in total. The highest BCUT2D eigenvalue weighted by Crippen LogP contribution is 2.34. The molecule has 1 heterocycles. The fourth-order valence-corrected chi connectivity index (χ4v) is 3.60. The van der Waals surface area contributed by atoms with Gasteiger partial charge in [0.2, 0.25) is 0 Å². The summed E-state index contributed by atoms with van der Waals surface area (Å²) in [5, 5.41) is 3.61. The second-order valence-corrected chi connectivity index (χ2v) is 7.60. The third-order valence-corrected chi connectivity index (χ3v) is 5.62. The minimum atomic E-state index is 0. The largest absolute Gasteiger partial charge is 0.381 e. The lowest BCUT2D eigenvalue weighted by Crippen LogP contribution is -2.49. The molecule has 6 heteroatoms. The highest BCUT2D eigenvalue weighted by Gasteiger charge is 2.34. The van der Waals surface area contributed by atoms with Crippen molar-refractivity contribution in [3.05, 3.63) is 35.9 Å². The van der Waals surface area contributed by atoms with Crippen molar-refractivity contribution in [1.82, 2.24) is 10.2 Å². The van der Waals surface area contributed by atoms with Gasteiger partial charge in [0.25, 0.3) is 0 Å². The fraction of sp³-hybridized carbons (Fsp3) is 0.667. The number of aliphatic imine (C=N–C) groups is 1. The van der Waals surface area contributed by atoms with E-state index in [0.29, 0.717) is 0 Å². The van der Waals surface area contributed by atoms with Crippen molar-refractivity contribution in [3.63, 3.8) is 0 Å². The van der Waals surface area contributed by atoms with E-state index in [0.717, 1.165) is 64.2 Å². The predicted molar refractivity (Wildman–Crippen MR) is 121 cm³/mol. The Morgan fingerprint density at radius 2 is 1.96 bits per heavy atom. The summed E-state index contributed by atoms with van der Waals surface area (Å²) in [4.78, 5) is 6.63. The van der Waals surface area contributed by atoms with Gasteiger partial charge in [-0.05, 0) is 37.2 Å². The second-order valence-electron chi connectivity index (χ2n) is 7.60. The van der Waals surface area contributed by atoms with Gasteiger partial charge in [0.05, 0.1) is 6.61 Å². The quantitative estimate of drug-likeness (QED) is 0.265. The molecule has 2 fully saturated rings. The summed E-state index contributed by atoms with van der Waals surface area (Å²) in [7, 11) is 3.93. The lowest BCUT2D eigenvalue weighted by atomic mass is 9.74. The van der Waals surface area contributed by atoms with E-state index in [1.165, 1.54) is 18.4 Å². The Kier molecular flexibility index (Phi) is 9.32. The smallest absolute Gasteiger partial charge is 0.193 e. The number of guanidine groups is 1. The van der Waals surface area contributed by atoms with Crippen LogP contribution in [0.4, 0.5) is 0 Å². The molecule has 1 aliphatic carbocycles. The zero-order chi connectivity index (χ0) is 18.2. The summed E-state index contributed by atoms with van der Waals surface area (Å²) in [6.07, 6.45) is 4.75. The molecule has 27 heavy (non-hydrogen) atoms. The molecule has 0 amide bonds. The zero-order valence-corrected chi connectivity index (χ0v) is 19.0. The van der Waals surface area contributed by atoms with Gasteiger partial charge in [-0.1, -0.05) is 30.3 Å². The molecule has 1 aromatic rings. The van der Waals surface area contributed by atoms with E-state index in [1.54, 1.807) is 0 Å². The average Bonchev–Trinajstić information content (AvgIpc) is 3.51.